The highest BCUT2D eigenvalue weighted by Gasteiger charge is 2.44. The van der Waals surface area contributed by atoms with Crippen molar-refractivity contribution >= 4 is 17.9 Å². The van der Waals surface area contributed by atoms with Gasteiger partial charge in [-0.1, -0.05) is 13.3 Å². The molecule has 142 valence electrons. The van der Waals surface area contributed by atoms with Crippen molar-refractivity contribution in [2.75, 3.05) is 33.0 Å². The molecule has 0 spiro atoms. The molecule has 0 saturated heterocycles. The molecular formula is C14H26O10. The van der Waals surface area contributed by atoms with Crippen molar-refractivity contribution in [2.24, 2.45) is 0 Å². The van der Waals surface area contributed by atoms with Gasteiger partial charge in [-0.2, -0.15) is 0 Å². The molecule has 0 aliphatic carbocycles. The van der Waals surface area contributed by atoms with Crippen molar-refractivity contribution in [3.8, 4) is 0 Å². The van der Waals surface area contributed by atoms with Gasteiger partial charge < -0.3 is 35.0 Å². The quantitative estimate of drug-likeness (QED) is 0.273. The molecule has 0 aliphatic rings. The number of carboxylic acids is 3. The first-order valence-electron chi connectivity index (χ1n) is 7.36. The van der Waals surface area contributed by atoms with Gasteiger partial charge in [0.05, 0.1) is 39.3 Å². The van der Waals surface area contributed by atoms with E-state index in [9.17, 15) is 14.4 Å². The van der Waals surface area contributed by atoms with Gasteiger partial charge in [0.2, 0.25) is 0 Å². The molecule has 0 aromatic heterocycles. The fourth-order valence-corrected chi connectivity index (χ4v) is 1.51. The average molecular weight is 354 g/mol. The fraction of sp³-hybridized carbons (Fsp3) is 0.786. The largest absolute Gasteiger partial charge is 0.481 e. The number of ether oxygens (including phenoxy) is 2. The SMILES string of the molecule is CCCCOC(CC(=O)O)(CC(=O)O)C(=O)O.OCCOCCO. The van der Waals surface area contributed by atoms with Crippen molar-refractivity contribution in [2.45, 2.75) is 38.2 Å². The van der Waals surface area contributed by atoms with Gasteiger partial charge in [0.15, 0.2) is 5.60 Å². The number of unbranched alkanes of at least 4 members (excludes halogenated alkanes) is 1. The summed E-state index contributed by atoms with van der Waals surface area (Å²) in [7, 11) is 0. The highest BCUT2D eigenvalue weighted by molar-refractivity contribution is 5.88. The molecule has 0 fully saturated rings. The summed E-state index contributed by atoms with van der Waals surface area (Å²) in [4.78, 5) is 32.2. The Morgan fingerprint density at radius 1 is 0.875 bits per heavy atom. The maximum atomic E-state index is 11.0. The van der Waals surface area contributed by atoms with Gasteiger partial charge in [-0.15, -0.1) is 0 Å². The van der Waals surface area contributed by atoms with Crippen LogP contribution in [0, 0.1) is 0 Å². The Bertz CT molecular complexity index is 349. The Morgan fingerprint density at radius 3 is 1.62 bits per heavy atom. The third-order valence-electron chi connectivity index (χ3n) is 2.61. The second-order valence-electron chi connectivity index (χ2n) is 4.70. The first-order valence-corrected chi connectivity index (χ1v) is 7.36. The monoisotopic (exact) mass is 354 g/mol. The third kappa shape index (κ3) is 12.8. The van der Waals surface area contributed by atoms with Gasteiger partial charge in [-0.3, -0.25) is 9.59 Å². The van der Waals surface area contributed by atoms with E-state index < -0.39 is 36.4 Å². The average Bonchev–Trinajstić information content (AvgIpc) is 2.47. The number of carboxylic acid groups (broad SMARTS) is 3. The second kappa shape index (κ2) is 14.8. The summed E-state index contributed by atoms with van der Waals surface area (Å²) in [5.41, 5.74) is -2.19. The van der Waals surface area contributed by atoms with Crippen molar-refractivity contribution in [1.29, 1.82) is 0 Å². The minimum atomic E-state index is -2.19. The van der Waals surface area contributed by atoms with Gasteiger partial charge in [-0.25, -0.2) is 4.79 Å². The minimum Gasteiger partial charge on any atom is -0.481 e. The van der Waals surface area contributed by atoms with Crippen LogP contribution in [0.1, 0.15) is 32.6 Å². The maximum absolute atomic E-state index is 11.0. The lowest BCUT2D eigenvalue weighted by Crippen LogP contribution is -2.45. The van der Waals surface area contributed by atoms with Crippen molar-refractivity contribution in [1.82, 2.24) is 0 Å². The summed E-state index contributed by atoms with van der Waals surface area (Å²) >= 11 is 0. The molecule has 10 nitrogen and oxygen atoms in total. The number of carbonyl (C=O) groups is 3. The van der Waals surface area contributed by atoms with Crippen molar-refractivity contribution < 1.29 is 49.4 Å². The molecule has 0 aromatic rings. The van der Waals surface area contributed by atoms with E-state index in [2.05, 4.69) is 4.74 Å². The molecule has 24 heavy (non-hydrogen) atoms. The summed E-state index contributed by atoms with van der Waals surface area (Å²) in [5.74, 6) is -4.39. The summed E-state index contributed by atoms with van der Waals surface area (Å²) in [5, 5.41) is 42.4. The van der Waals surface area contributed by atoms with Gasteiger partial charge in [0.1, 0.15) is 0 Å². The van der Waals surface area contributed by atoms with E-state index >= 15 is 0 Å². The molecule has 0 amide bonds. The predicted octanol–water partition coefficient (Wildman–Crippen LogP) is -0.436. The zero-order chi connectivity index (χ0) is 19.0. The number of aliphatic hydroxyl groups is 2. The highest BCUT2D eigenvalue weighted by Crippen LogP contribution is 2.22. The molecule has 0 atom stereocenters. The van der Waals surface area contributed by atoms with Crippen LogP contribution in [0.3, 0.4) is 0 Å². The Hall–Kier alpha value is -1.75. The normalized spacial score (nSPS) is 10.6. The lowest BCUT2D eigenvalue weighted by Gasteiger charge is -2.26. The van der Waals surface area contributed by atoms with Gasteiger partial charge in [0.25, 0.3) is 0 Å². The molecule has 0 saturated carbocycles. The zero-order valence-electron chi connectivity index (χ0n) is 13.6. The van der Waals surface area contributed by atoms with Crippen LogP contribution < -0.4 is 0 Å². The van der Waals surface area contributed by atoms with E-state index in [0.29, 0.717) is 19.6 Å². The smallest absolute Gasteiger partial charge is 0.337 e. The van der Waals surface area contributed by atoms with Crippen molar-refractivity contribution in [3.05, 3.63) is 0 Å². The Kier molecular flexibility index (Phi) is 15.1. The number of hydrogen-bond acceptors (Lipinski definition) is 7. The van der Waals surface area contributed by atoms with E-state index in [1.165, 1.54) is 0 Å². The van der Waals surface area contributed by atoms with Gasteiger partial charge in [0, 0.05) is 6.61 Å². The molecule has 0 aliphatic heterocycles. The molecular weight excluding hydrogens is 328 g/mol. The maximum Gasteiger partial charge on any atom is 0.337 e. The highest BCUT2D eigenvalue weighted by atomic mass is 16.5. The van der Waals surface area contributed by atoms with Gasteiger partial charge in [-0.05, 0) is 6.42 Å². The number of aliphatic hydroxyl groups excluding tert-OH is 2. The lowest BCUT2D eigenvalue weighted by molar-refractivity contribution is -0.178. The van der Waals surface area contributed by atoms with Crippen LogP contribution in [-0.4, -0.2) is 82.1 Å². The fourth-order valence-electron chi connectivity index (χ4n) is 1.51. The van der Waals surface area contributed by atoms with Crippen LogP contribution >= 0.6 is 0 Å². The van der Waals surface area contributed by atoms with Crippen LogP contribution in [0.15, 0.2) is 0 Å². The van der Waals surface area contributed by atoms with E-state index in [0.717, 1.165) is 6.42 Å². The number of aliphatic carboxylic acids is 3. The summed E-state index contributed by atoms with van der Waals surface area (Å²) in [6.07, 6.45) is -0.485. The van der Waals surface area contributed by atoms with Crippen LogP contribution in [0.25, 0.3) is 0 Å². The van der Waals surface area contributed by atoms with Crippen LogP contribution in [0.4, 0.5) is 0 Å². The van der Waals surface area contributed by atoms with E-state index in [1.54, 1.807) is 0 Å². The second-order valence-corrected chi connectivity index (χ2v) is 4.70. The molecule has 0 rings (SSSR count). The van der Waals surface area contributed by atoms with Gasteiger partial charge >= 0.3 is 17.9 Å². The molecule has 0 unspecified atom stereocenters. The third-order valence-corrected chi connectivity index (χ3v) is 2.61. The summed E-state index contributed by atoms with van der Waals surface area (Å²) < 4.78 is 9.62. The topological polar surface area (TPSA) is 171 Å². The Morgan fingerprint density at radius 2 is 1.33 bits per heavy atom. The number of rotatable bonds is 13. The molecule has 0 aromatic carbocycles. The Labute approximate surface area is 139 Å². The van der Waals surface area contributed by atoms with E-state index in [-0.39, 0.29) is 19.8 Å². The predicted molar refractivity (Wildman–Crippen MR) is 80.7 cm³/mol. The summed E-state index contributed by atoms with van der Waals surface area (Å²) in [6, 6.07) is 0. The van der Waals surface area contributed by atoms with E-state index in [1.807, 2.05) is 6.92 Å². The lowest BCUT2D eigenvalue weighted by atomic mass is 9.95. The van der Waals surface area contributed by atoms with Crippen LogP contribution in [0.5, 0.6) is 0 Å². The summed E-state index contributed by atoms with van der Waals surface area (Å²) in [6.45, 7) is 2.56. The minimum absolute atomic E-state index is 0.0172. The zero-order valence-corrected chi connectivity index (χ0v) is 13.6. The molecule has 10 heteroatoms. The molecule has 5 N–H and O–H groups in total. The Balaban J connectivity index is 0. The van der Waals surface area contributed by atoms with Crippen molar-refractivity contribution in [3.63, 3.8) is 0 Å². The molecule has 0 heterocycles. The molecule has 0 bridgehead atoms. The first kappa shape index (κ1) is 24.5. The van der Waals surface area contributed by atoms with Crippen LogP contribution in [0.2, 0.25) is 0 Å². The number of hydrogen-bond donors (Lipinski definition) is 5. The molecule has 0 radical (unpaired) electrons. The van der Waals surface area contributed by atoms with E-state index in [4.69, 9.17) is 30.3 Å². The standard InChI is InChI=1S/C10H16O7.C4H10O3/c1-2-3-4-17-10(9(15)16,5-7(11)12)6-8(13)14;5-1-3-7-4-2-6/h2-6H2,1H3,(H,11,12)(H,13,14)(H,15,16);5-6H,1-4H2. The first-order chi connectivity index (χ1) is 11.3. The van der Waals surface area contributed by atoms with Crippen LogP contribution in [-0.2, 0) is 23.9 Å².